The van der Waals surface area contributed by atoms with Crippen molar-refractivity contribution in [3.63, 3.8) is 0 Å². The first-order chi connectivity index (χ1) is 9.54. The van der Waals surface area contributed by atoms with Crippen molar-refractivity contribution >= 4 is 32.9 Å². The van der Waals surface area contributed by atoms with E-state index in [9.17, 15) is 10.2 Å². The Morgan fingerprint density at radius 2 is 2.10 bits per heavy atom. The van der Waals surface area contributed by atoms with Crippen molar-refractivity contribution in [2.75, 3.05) is 12.3 Å². The molecule has 0 unspecified atom stereocenters. The molecule has 3 rings (SSSR count). The van der Waals surface area contributed by atoms with Gasteiger partial charge in [0, 0.05) is 0 Å². The topological polar surface area (TPSA) is 140 Å². The molecule has 1 fully saturated rings. The van der Waals surface area contributed by atoms with Gasteiger partial charge in [-0.1, -0.05) is 0 Å². The van der Waals surface area contributed by atoms with Gasteiger partial charge in [0.2, 0.25) is 0 Å². The van der Waals surface area contributed by atoms with Gasteiger partial charge >= 0.3 is 0 Å². The molecule has 1 aliphatic heterocycles. The Morgan fingerprint density at radius 3 is 2.75 bits per heavy atom. The molecule has 0 spiro atoms. The van der Waals surface area contributed by atoms with Gasteiger partial charge in [-0.15, -0.1) is 0 Å². The van der Waals surface area contributed by atoms with Crippen LogP contribution < -0.4 is 5.73 Å². The number of hydrogen-bond donors (Lipinski definition) is 4. The standard InChI is InChI=1S/C10H12BrN5O4/c11-10-15-4-7(12)13-2-14-8(4)16(10)9-6(19)5(18)3(1-17)20-9/h2-3,5-6,9,17-19H,1H2,(H2,12,13,14)/t3-,5+,6+,9-/m1/s1. The maximum absolute atomic E-state index is 10.1. The van der Waals surface area contributed by atoms with Crippen LogP contribution in [0.1, 0.15) is 6.23 Å². The molecular formula is C10H12BrN5O4. The number of halogens is 1. The SMILES string of the molecule is Nc1ncnc2c1nc(Br)n2[C@@H]1O[C@H](CO)[C@H](O)[C@@H]1O. The van der Waals surface area contributed by atoms with E-state index in [0.29, 0.717) is 15.9 Å². The number of fused-ring (bicyclic) bond motifs is 1. The van der Waals surface area contributed by atoms with E-state index in [1.54, 1.807) is 0 Å². The molecular weight excluding hydrogens is 334 g/mol. The minimum atomic E-state index is -1.22. The average molecular weight is 346 g/mol. The number of aliphatic hydroxyl groups excluding tert-OH is 3. The first kappa shape index (κ1) is 13.6. The lowest BCUT2D eigenvalue weighted by Crippen LogP contribution is -2.33. The summed E-state index contributed by atoms with van der Waals surface area (Å²) in [5.74, 6) is 0.196. The highest BCUT2D eigenvalue weighted by Gasteiger charge is 2.44. The molecule has 4 atom stereocenters. The Balaban J connectivity index is 2.11. The van der Waals surface area contributed by atoms with Crippen LogP contribution >= 0.6 is 15.9 Å². The summed E-state index contributed by atoms with van der Waals surface area (Å²) in [5, 5.41) is 29.0. The third-order valence-corrected chi connectivity index (χ3v) is 3.79. The van der Waals surface area contributed by atoms with Crippen molar-refractivity contribution in [2.24, 2.45) is 0 Å². The van der Waals surface area contributed by atoms with Crippen LogP contribution in [0.3, 0.4) is 0 Å². The van der Waals surface area contributed by atoms with Crippen molar-refractivity contribution in [3.8, 4) is 0 Å². The molecule has 0 amide bonds. The maximum atomic E-state index is 10.1. The molecule has 0 bridgehead atoms. The average Bonchev–Trinajstić information content (AvgIpc) is 2.90. The van der Waals surface area contributed by atoms with E-state index in [1.807, 2.05) is 0 Å². The summed E-state index contributed by atoms with van der Waals surface area (Å²) in [5.41, 5.74) is 6.43. The van der Waals surface area contributed by atoms with E-state index >= 15 is 0 Å². The number of rotatable bonds is 2. The number of nitrogens with two attached hydrogens (primary N) is 1. The highest BCUT2D eigenvalue weighted by Crippen LogP contribution is 2.34. The predicted molar refractivity (Wildman–Crippen MR) is 70.4 cm³/mol. The van der Waals surface area contributed by atoms with Crippen LogP contribution in [0.5, 0.6) is 0 Å². The lowest BCUT2D eigenvalue weighted by molar-refractivity contribution is -0.0521. The van der Waals surface area contributed by atoms with E-state index in [4.69, 9.17) is 15.6 Å². The number of nitrogen functional groups attached to an aromatic ring is 1. The summed E-state index contributed by atoms with van der Waals surface area (Å²) in [6.45, 7) is -0.407. The molecule has 5 N–H and O–H groups in total. The fraction of sp³-hybridized carbons (Fsp3) is 0.500. The van der Waals surface area contributed by atoms with Crippen LogP contribution in [0.15, 0.2) is 11.1 Å². The smallest absolute Gasteiger partial charge is 0.181 e. The molecule has 0 saturated carbocycles. The Hall–Kier alpha value is -1.33. The van der Waals surface area contributed by atoms with Gasteiger partial charge in [-0.3, -0.25) is 4.57 Å². The Labute approximate surface area is 121 Å². The van der Waals surface area contributed by atoms with E-state index in [1.165, 1.54) is 10.9 Å². The summed E-state index contributed by atoms with van der Waals surface area (Å²) in [4.78, 5) is 12.1. The lowest BCUT2D eigenvalue weighted by atomic mass is 10.1. The molecule has 0 aromatic carbocycles. The lowest BCUT2D eigenvalue weighted by Gasteiger charge is -2.17. The number of aromatic nitrogens is 4. The number of imidazole rings is 1. The first-order valence-corrected chi connectivity index (χ1v) is 6.60. The van der Waals surface area contributed by atoms with Crippen molar-refractivity contribution in [3.05, 3.63) is 11.1 Å². The molecule has 108 valence electrons. The minimum Gasteiger partial charge on any atom is -0.394 e. The minimum absolute atomic E-state index is 0.196. The van der Waals surface area contributed by atoms with Gasteiger partial charge in [0.1, 0.15) is 24.6 Å². The zero-order valence-corrected chi connectivity index (χ0v) is 11.7. The van der Waals surface area contributed by atoms with Gasteiger partial charge in [-0.2, -0.15) is 0 Å². The third-order valence-electron chi connectivity index (χ3n) is 3.23. The first-order valence-electron chi connectivity index (χ1n) is 5.81. The van der Waals surface area contributed by atoms with Gasteiger partial charge in [0.15, 0.2) is 27.9 Å². The summed E-state index contributed by atoms with van der Waals surface area (Å²) < 4.78 is 7.23. The molecule has 10 heteroatoms. The zero-order chi connectivity index (χ0) is 14.4. The molecule has 3 heterocycles. The van der Waals surface area contributed by atoms with Crippen LogP contribution in [-0.4, -0.2) is 59.8 Å². The van der Waals surface area contributed by atoms with Crippen molar-refractivity contribution < 1.29 is 20.1 Å². The molecule has 2 aromatic heterocycles. The molecule has 1 saturated heterocycles. The highest BCUT2D eigenvalue weighted by molar-refractivity contribution is 9.10. The summed E-state index contributed by atoms with van der Waals surface area (Å²) in [6, 6.07) is 0. The molecule has 0 radical (unpaired) electrons. The van der Waals surface area contributed by atoms with Crippen LogP contribution in [0.2, 0.25) is 0 Å². The van der Waals surface area contributed by atoms with E-state index in [2.05, 4.69) is 30.9 Å². The molecule has 0 aliphatic carbocycles. The largest absolute Gasteiger partial charge is 0.394 e. The zero-order valence-electron chi connectivity index (χ0n) is 10.1. The molecule has 1 aliphatic rings. The molecule has 2 aromatic rings. The molecule has 20 heavy (non-hydrogen) atoms. The van der Waals surface area contributed by atoms with Crippen LogP contribution in [0.25, 0.3) is 11.2 Å². The normalized spacial score (nSPS) is 30.2. The van der Waals surface area contributed by atoms with E-state index in [-0.39, 0.29) is 5.82 Å². The van der Waals surface area contributed by atoms with Crippen molar-refractivity contribution in [2.45, 2.75) is 24.5 Å². The third kappa shape index (κ3) is 1.88. The number of aliphatic hydroxyl groups is 3. The van der Waals surface area contributed by atoms with Crippen molar-refractivity contribution in [1.29, 1.82) is 0 Å². The highest BCUT2D eigenvalue weighted by atomic mass is 79.9. The predicted octanol–water partition coefficient (Wildman–Crippen LogP) is -1.22. The number of hydrogen-bond acceptors (Lipinski definition) is 8. The fourth-order valence-electron chi connectivity index (χ4n) is 2.22. The van der Waals surface area contributed by atoms with Gasteiger partial charge < -0.3 is 25.8 Å². The second kappa shape index (κ2) is 4.90. The molecule has 9 nitrogen and oxygen atoms in total. The van der Waals surface area contributed by atoms with Gasteiger partial charge in [0.25, 0.3) is 0 Å². The van der Waals surface area contributed by atoms with Crippen LogP contribution in [0.4, 0.5) is 5.82 Å². The van der Waals surface area contributed by atoms with E-state index in [0.717, 1.165) is 0 Å². The van der Waals surface area contributed by atoms with Crippen LogP contribution in [-0.2, 0) is 4.74 Å². The monoisotopic (exact) mass is 345 g/mol. The fourth-order valence-corrected chi connectivity index (χ4v) is 2.77. The van der Waals surface area contributed by atoms with Crippen molar-refractivity contribution in [1.82, 2.24) is 19.5 Å². The number of ether oxygens (including phenoxy) is 1. The summed E-state index contributed by atoms with van der Waals surface area (Å²) >= 11 is 3.24. The second-order valence-electron chi connectivity index (χ2n) is 4.41. The Morgan fingerprint density at radius 1 is 1.35 bits per heavy atom. The summed E-state index contributed by atoms with van der Waals surface area (Å²) in [7, 11) is 0. The van der Waals surface area contributed by atoms with E-state index < -0.39 is 31.1 Å². The van der Waals surface area contributed by atoms with Crippen LogP contribution in [0, 0.1) is 0 Å². The number of nitrogens with zero attached hydrogens (tertiary/aromatic N) is 4. The maximum Gasteiger partial charge on any atom is 0.181 e. The second-order valence-corrected chi connectivity index (χ2v) is 5.12. The summed E-state index contributed by atoms with van der Waals surface area (Å²) in [6.07, 6.45) is -2.97. The van der Waals surface area contributed by atoms with Gasteiger partial charge in [0.05, 0.1) is 6.61 Å². The quantitative estimate of drug-likeness (QED) is 0.496. The number of anilines is 1. The van der Waals surface area contributed by atoms with Gasteiger partial charge in [-0.25, -0.2) is 15.0 Å². The Bertz CT molecular complexity index is 650. The Kier molecular flexibility index (Phi) is 3.34. The van der Waals surface area contributed by atoms with Gasteiger partial charge in [-0.05, 0) is 15.9 Å².